The van der Waals surface area contributed by atoms with E-state index in [0.717, 1.165) is 5.56 Å². The zero-order chi connectivity index (χ0) is 13.1. The first-order valence-electron chi connectivity index (χ1n) is 6.55. The van der Waals surface area contributed by atoms with Gasteiger partial charge in [-0.3, -0.25) is 4.90 Å². The maximum Gasteiger partial charge on any atom is 0.0991 e. The zero-order valence-electron chi connectivity index (χ0n) is 11.0. The van der Waals surface area contributed by atoms with Gasteiger partial charge in [0.15, 0.2) is 0 Å². The largest absolute Gasteiger partial charge is 0.387 e. The van der Waals surface area contributed by atoms with Crippen LogP contribution in [-0.4, -0.2) is 28.6 Å². The Balaban J connectivity index is 2.02. The minimum absolute atomic E-state index is 0.472. The zero-order valence-corrected chi connectivity index (χ0v) is 11.0. The maximum atomic E-state index is 10.3. The first kappa shape index (κ1) is 13.1. The summed E-state index contributed by atoms with van der Waals surface area (Å²) in [5.74, 6) is 0. The molecule has 3 nitrogen and oxygen atoms in total. The summed E-state index contributed by atoms with van der Waals surface area (Å²) < 4.78 is 0. The van der Waals surface area contributed by atoms with Gasteiger partial charge in [-0.2, -0.15) is 5.26 Å². The molecule has 18 heavy (non-hydrogen) atoms. The van der Waals surface area contributed by atoms with Gasteiger partial charge in [-0.15, -0.1) is 0 Å². The molecule has 1 N–H and O–H groups in total. The van der Waals surface area contributed by atoms with Crippen molar-refractivity contribution in [3.63, 3.8) is 0 Å². The van der Waals surface area contributed by atoms with E-state index >= 15 is 0 Å². The van der Waals surface area contributed by atoms with Crippen LogP contribution in [0.4, 0.5) is 0 Å². The SMILES string of the molecule is CC1CCC(C)N1CC(O)c1ccc(C#N)cc1. The number of nitrogens with zero attached hydrogens (tertiary/aromatic N) is 2. The fourth-order valence-corrected chi connectivity index (χ4v) is 2.69. The van der Waals surface area contributed by atoms with Gasteiger partial charge in [-0.1, -0.05) is 12.1 Å². The van der Waals surface area contributed by atoms with Crippen LogP contribution in [0.5, 0.6) is 0 Å². The maximum absolute atomic E-state index is 10.3. The second-order valence-electron chi connectivity index (χ2n) is 5.22. The minimum Gasteiger partial charge on any atom is -0.387 e. The number of benzene rings is 1. The first-order valence-corrected chi connectivity index (χ1v) is 6.55. The highest BCUT2D eigenvalue weighted by Gasteiger charge is 2.28. The van der Waals surface area contributed by atoms with Gasteiger partial charge < -0.3 is 5.11 Å². The Morgan fingerprint density at radius 1 is 1.28 bits per heavy atom. The molecule has 2 rings (SSSR count). The number of aliphatic hydroxyl groups is 1. The molecule has 0 aromatic heterocycles. The van der Waals surface area contributed by atoms with Crippen molar-refractivity contribution in [3.8, 4) is 6.07 Å². The van der Waals surface area contributed by atoms with Crippen molar-refractivity contribution in [1.29, 1.82) is 5.26 Å². The number of likely N-dealkylation sites (tertiary alicyclic amines) is 1. The third kappa shape index (κ3) is 2.72. The minimum atomic E-state index is -0.472. The van der Waals surface area contributed by atoms with Crippen LogP contribution < -0.4 is 0 Å². The summed E-state index contributed by atoms with van der Waals surface area (Å²) in [5.41, 5.74) is 1.52. The van der Waals surface area contributed by atoms with Crippen molar-refractivity contribution in [2.75, 3.05) is 6.54 Å². The molecule has 3 unspecified atom stereocenters. The highest BCUT2D eigenvalue weighted by atomic mass is 16.3. The molecule has 1 aromatic carbocycles. The Morgan fingerprint density at radius 3 is 2.33 bits per heavy atom. The molecule has 0 radical (unpaired) electrons. The fourth-order valence-electron chi connectivity index (χ4n) is 2.69. The quantitative estimate of drug-likeness (QED) is 0.888. The number of aliphatic hydroxyl groups excluding tert-OH is 1. The van der Waals surface area contributed by atoms with Gasteiger partial charge >= 0.3 is 0 Å². The number of rotatable bonds is 3. The van der Waals surface area contributed by atoms with Crippen LogP contribution in [0.15, 0.2) is 24.3 Å². The lowest BCUT2D eigenvalue weighted by molar-refractivity contribution is 0.0912. The van der Waals surface area contributed by atoms with Crippen molar-refractivity contribution >= 4 is 0 Å². The van der Waals surface area contributed by atoms with Gasteiger partial charge in [0.2, 0.25) is 0 Å². The lowest BCUT2D eigenvalue weighted by atomic mass is 10.1. The number of β-amino-alcohol motifs (C(OH)–C–C–N with tert-alkyl or cyclic N) is 1. The molecule has 3 heteroatoms. The lowest BCUT2D eigenvalue weighted by Crippen LogP contribution is -2.36. The van der Waals surface area contributed by atoms with Crippen LogP contribution >= 0.6 is 0 Å². The van der Waals surface area contributed by atoms with E-state index < -0.39 is 6.10 Å². The van der Waals surface area contributed by atoms with Gasteiger partial charge in [-0.25, -0.2) is 0 Å². The van der Waals surface area contributed by atoms with Gasteiger partial charge in [0.05, 0.1) is 17.7 Å². The summed E-state index contributed by atoms with van der Waals surface area (Å²) >= 11 is 0. The molecule has 1 aromatic rings. The average Bonchev–Trinajstić information content (AvgIpc) is 2.70. The molecule has 1 fully saturated rings. The van der Waals surface area contributed by atoms with Gasteiger partial charge in [0.25, 0.3) is 0 Å². The Morgan fingerprint density at radius 2 is 1.83 bits per heavy atom. The van der Waals surface area contributed by atoms with Crippen LogP contribution in [0, 0.1) is 11.3 Å². The molecular weight excluding hydrogens is 224 g/mol. The van der Waals surface area contributed by atoms with Crippen molar-refractivity contribution in [2.24, 2.45) is 0 Å². The molecule has 0 aliphatic carbocycles. The van der Waals surface area contributed by atoms with E-state index in [1.165, 1.54) is 12.8 Å². The second-order valence-corrected chi connectivity index (χ2v) is 5.22. The molecule has 1 saturated heterocycles. The molecule has 0 amide bonds. The van der Waals surface area contributed by atoms with Crippen LogP contribution in [0.2, 0.25) is 0 Å². The Kier molecular flexibility index (Phi) is 4.00. The molecular formula is C15H20N2O. The predicted molar refractivity (Wildman–Crippen MR) is 71.0 cm³/mol. The summed E-state index contributed by atoms with van der Waals surface area (Å²) in [5, 5.41) is 19.0. The van der Waals surface area contributed by atoms with Crippen molar-refractivity contribution in [2.45, 2.75) is 44.9 Å². The van der Waals surface area contributed by atoms with Crippen molar-refractivity contribution in [1.82, 2.24) is 4.90 Å². The highest BCUT2D eigenvalue weighted by molar-refractivity contribution is 5.32. The Bertz CT molecular complexity index is 425. The molecule has 96 valence electrons. The van der Waals surface area contributed by atoms with E-state index in [-0.39, 0.29) is 0 Å². The van der Waals surface area contributed by atoms with Gasteiger partial charge in [-0.05, 0) is 44.4 Å². The van der Waals surface area contributed by atoms with E-state index in [9.17, 15) is 5.11 Å². The summed E-state index contributed by atoms with van der Waals surface area (Å²) in [7, 11) is 0. The topological polar surface area (TPSA) is 47.3 Å². The van der Waals surface area contributed by atoms with Crippen LogP contribution in [0.1, 0.15) is 43.9 Å². The van der Waals surface area contributed by atoms with Gasteiger partial charge in [0.1, 0.15) is 0 Å². The van der Waals surface area contributed by atoms with Gasteiger partial charge in [0, 0.05) is 18.6 Å². The third-order valence-corrected chi connectivity index (χ3v) is 3.94. The lowest BCUT2D eigenvalue weighted by Gasteiger charge is -2.28. The normalized spacial score (nSPS) is 25.9. The number of hydrogen-bond acceptors (Lipinski definition) is 3. The summed E-state index contributed by atoms with van der Waals surface area (Å²) in [6, 6.07) is 10.4. The molecule has 1 aliphatic rings. The second kappa shape index (κ2) is 5.51. The predicted octanol–water partition coefficient (Wildman–Crippen LogP) is 2.46. The standard InChI is InChI=1S/C15H20N2O/c1-11-3-4-12(2)17(11)10-15(18)14-7-5-13(9-16)6-8-14/h5-8,11-12,15,18H,3-4,10H2,1-2H3. The molecule has 1 heterocycles. The van der Waals surface area contributed by atoms with E-state index in [1.807, 2.05) is 12.1 Å². The third-order valence-electron chi connectivity index (χ3n) is 3.94. The van der Waals surface area contributed by atoms with Crippen LogP contribution in [0.25, 0.3) is 0 Å². The van der Waals surface area contributed by atoms with Crippen molar-refractivity contribution < 1.29 is 5.11 Å². The Labute approximate surface area is 109 Å². The Hall–Kier alpha value is -1.37. The van der Waals surface area contributed by atoms with Crippen LogP contribution in [-0.2, 0) is 0 Å². The van der Waals surface area contributed by atoms with E-state index in [2.05, 4.69) is 24.8 Å². The summed E-state index contributed by atoms with van der Waals surface area (Å²) in [6.07, 6.45) is 1.95. The van der Waals surface area contributed by atoms with Crippen molar-refractivity contribution in [3.05, 3.63) is 35.4 Å². The highest BCUT2D eigenvalue weighted by Crippen LogP contribution is 2.26. The molecule has 3 atom stereocenters. The summed E-state index contributed by atoms with van der Waals surface area (Å²) in [4.78, 5) is 2.36. The summed E-state index contributed by atoms with van der Waals surface area (Å²) in [6.45, 7) is 5.11. The molecule has 0 saturated carbocycles. The number of hydrogen-bond donors (Lipinski definition) is 1. The van der Waals surface area contributed by atoms with E-state index in [4.69, 9.17) is 5.26 Å². The monoisotopic (exact) mass is 244 g/mol. The number of nitriles is 1. The molecule has 0 bridgehead atoms. The fraction of sp³-hybridized carbons (Fsp3) is 0.533. The van der Waals surface area contributed by atoms with E-state index in [1.54, 1.807) is 12.1 Å². The van der Waals surface area contributed by atoms with Crippen LogP contribution in [0.3, 0.4) is 0 Å². The van der Waals surface area contributed by atoms with E-state index in [0.29, 0.717) is 24.2 Å². The average molecular weight is 244 g/mol. The first-order chi connectivity index (χ1) is 8.61. The molecule has 0 spiro atoms. The molecule has 1 aliphatic heterocycles. The smallest absolute Gasteiger partial charge is 0.0991 e.